The van der Waals surface area contributed by atoms with Gasteiger partial charge in [-0.1, -0.05) is 24.3 Å². The van der Waals surface area contributed by atoms with Crippen LogP contribution in [0.25, 0.3) is 22.3 Å². The Balaban J connectivity index is 1.05. The summed E-state index contributed by atoms with van der Waals surface area (Å²) in [6, 6.07) is 17.2. The summed E-state index contributed by atoms with van der Waals surface area (Å²) < 4.78 is 7.70. The number of nitrogen functional groups attached to an aromatic ring is 1. The fraction of sp³-hybridized carbons (Fsp3) is 0.290. The molecule has 2 aromatic heterocycles. The van der Waals surface area contributed by atoms with Crippen LogP contribution in [0.2, 0.25) is 0 Å². The standard InChI is InChI=1S/C31H33N7O3/c1-37-18-24(16-35-37)23-14-28(29(32)34-15-23)30(39)36-25-11-13-38(19-25)31(40)22-4-2-20(3-5-22)21-6-8-26(9-7-21)41-27-10-12-33-17-27/h2-9,14-16,18,25,27,33H,10-13,17,19H2,1H3,(H2,32,34)(H,36,39)/t25-,27?/m1/s1. The van der Waals surface area contributed by atoms with Gasteiger partial charge in [-0.3, -0.25) is 14.3 Å². The van der Waals surface area contributed by atoms with Crippen molar-refractivity contribution in [1.29, 1.82) is 0 Å². The van der Waals surface area contributed by atoms with Crippen LogP contribution in [-0.2, 0) is 7.05 Å². The molecule has 0 bridgehead atoms. The summed E-state index contributed by atoms with van der Waals surface area (Å²) in [6.45, 7) is 2.87. The summed E-state index contributed by atoms with van der Waals surface area (Å²) >= 11 is 0. The van der Waals surface area contributed by atoms with Crippen molar-refractivity contribution in [1.82, 2.24) is 30.3 Å². The third-order valence-corrected chi connectivity index (χ3v) is 7.65. The van der Waals surface area contributed by atoms with E-state index in [0.717, 1.165) is 47.5 Å². The zero-order chi connectivity index (χ0) is 28.3. The predicted molar refractivity (Wildman–Crippen MR) is 156 cm³/mol. The van der Waals surface area contributed by atoms with Crippen LogP contribution in [0, 0.1) is 0 Å². The van der Waals surface area contributed by atoms with Gasteiger partial charge >= 0.3 is 0 Å². The lowest BCUT2D eigenvalue weighted by molar-refractivity contribution is 0.0783. The lowest BCUT2D eigenvalue weighted by Crippen LogP contribution is -2.38. The third kappa shape index (κ3) is 5.92. The van der Waals surface area contributed by atoms with Crippen LogP contribution >= 0.6 is 0 Å². The molecule has 2 atom stereocenters. The van der Waals surface area contributed by atoms with E-state index in [0.29, 0.717) is 30.6 Å². The van der Waals surface area contributed by atoms with Crippen molar-refractivity contribution in [2.45, 2.75) is 25.0 Å². The minimum absolute atomic E-state index is 0.0537. The Bertz CT molecular complexity index is 1540. The molecule has 2 fully saturated rings. The van der Waals surface area contributed by atoms with Crippen LogP contribution in [0.3, 0.4) is 0 Å². The van der Waals surface area contributed by atoms with Crippen LogP contribution < -0.4 is 21.1 Å². The van der Waals surface area contributed by atoms with Gasteiger partial charge in [0.25, 0.3) is 11.8 Å². The number of nitrogens with zero attached hydrogens (tertiary/aromatic N) is 4. The average molecular weight is 552 g/mol. The predicted octanol–water partition coefficient (Wildman–Crippen LogP) is 3.12. The molecule has 2 aliphatic rings. The van der Waals surface area contributed by atoms with Crippen molar-refractivity contribution in [3.8, 4) is 28.0 Å². The Hall–Kier alpha value is -4.70. The maximum absolute atomic E-state index is 13.2. The van der Waals surface area contributed by atoms with Crippen LogP contribution in [0.5, 0.6) is 5.75 Å². The van der Waals surface area contributed by atoms with E-state index in [1.165, 1.54) is 0 Å². The van der Waals surface area contributed by atoms with Gasteiger partial charge in [0.2, 0.25) is 0 Å². The van der Waals surface area contributed by atoms with Gasteiger partial charge in [0, 0.05) is 61.8 Å². The highest BCUT2D eigenvalue weighted by Crippen LogP contribution is 2.25. The number of nitrogens with one attached hydrogen (secondary N) is 2. The number of hydrogen-bond donors (Lipinski definition) is 3. The Kier molecular flexibility index (Phi) is 7.39. The minimum atomic E-state index is -0.305. The summed E-state index contributed by atoms with van der Waals surface area (Å²) in [5.41, 5.74) is 10.7. The highest BCUT2D eigenvalue weighted by molar-refractivity contribution is 6.00. The number of hydrogen-bond acceptors (Lipinski definition) is 7. The summed E-state index contributed by atoms with van der Waals surface area (Å²) in [4.78, 5) is 32.3. The quantitative estimate of drug-likeness (QED) is 0.322. The topological polar surface area (TPSA) is 127 Å². The van der Waals surface area contributed by atoms with Crippen LogP contribution in [-0.4, -0.2) is 69.8 Å². The number of rotatable bonds is 7. The molecule has 2 aliphatic heterocycles. The molecule has 10 heteroatoms. The summed E-state index contributed by atoms with van der Waals surface area (Å²) in [5.74, 6) is 0.669. The number of pyridine rings is 1. The molecule has 4 aromatic rings. The number of likely N-dealkylation sites (tertiary alicyclic amines) is 1. The number of carbonyl (C=O) groups excluding carboxylic acids is 2. The molecule has 4 heterocycles. The van der Waals surface area contributed by atoms with E-state index in [1.54, 1.807) is 28.0 Å². The highest BCUT2D eigenvalue weighted by Gasteiger charge is 2.29. The molecule has 0 aliphatic carbocycles. The van der Waals surface area contributed by atoms with E-state index >= 15 is 0 Å². The molecule has 210 valence electrons. The number of aromatic nitrogens is 3. The van der Waals surface area contributed by atoms with E-state index in [9.17, 15) is 9.59 Å². The molecular formula is C31H33N7O3. The van der Waals surface area contributed by atoms with Gasteiger partial charge in [-0.15, -0.1) is 0 Å². The lowest BCUT2D eigenvalue weighted by Gasteiger charge is -2.18. The molecule has 41 heavy (non-hydrogen) atoms. The number of benzene rings is 2. The van der Waals surface area contributed by atoms with Gasteiger partial charge in [-0.2, -0.15) is 5.10 Å². The highest BCUT2D eigenvalue weighted by atomic mass is 16.5. The van der Waals surface area contributed by atoms with Crippen molar-refractivity contribution in [2.24, 2.45) is 7.05 Å². The smallest absolute Gasteiger partial charge is 0.255 e. The number of carbonyl (C=O) groups is 2. The van der Waals surface area contributed by atoms with E-state index in [4.69, 9.17) is 10.5 Å². The molecule has 2 saturated heterocycles. The molecule has 4 N–H and O–H groups in total. The maximum atomic E-state index is 13.2. The summed E-state index contributed by atoms with van der Waals surface area (Å²) in [5, 5.41) is 10.5. The number of nitrogens with two attached hydrogens (primary N) is 1. The fourth-order valence-electron chi connectivity index (χ4n) is 5.35. The molecule has 0 spiro atoms. The molecule has 2 aromatic carbocycles. The molecule has 0 saturated carbocycles. The first-order chi connectivity index (χ1) is 19.9. The normalized spacial score (nSPS) is 18.4. The third-order valence-electron chi connectivity index (χ3n) is 7.65. The molecule has 10 nitrogen and oxygen atoms in total. The second-order valence-electron chi connectivity index (χ2n) is 10.6. The van der Waals surface area contributed by atoms with Gasteiger partial charge in [0.15, 0.2) is 0 Å². The summed E-state index contributed by atoms with van der Waals surface area (Å²) in [6.07, 6.45) is 7.10. The van der Waals surface area contributed by atoms with Crippen molar-refractivity contribution < 1.29 is 14.3 Å². The first-order valence-corrected chi connectivity index (χ1v) is 13.9. The Morgan fingerprint density at radius 1 is 1.00 bits per heavy atom. The van der Waals surface area contributed by atoms with E-state index < -0.39 is 0 Å². The van der Waals surface area contributed by atoms with Crippen molar-refractivity contribution in [3.63, 3.8) is 0 Å². The Morgan fingerprint density at radius 2 is 1.76 bits per heavy atom. The number of amides is 2. The lowest BCUT2D eigenvalue weighted by atomic mass is 10.0. The molecule has 6 rings (SSSR count). The average Bonchev–Trinajstić information content (AvgIpc) is 3.77. The zero-order valence-electron chi connectivity index (χ0n) is 22.9. The second kappa shape index (κ2) is 11.4. The van der Waals surface area contributed by atoms with E-state index in [1.807, 2.05) is 61.8 Å². The number of anilines is 1. The van der Waals surface area contributed by atoms with Crippen LogP contribution in [0.1, 0.15) is 33.6 Å². The monoisotopic (exact) mass is 551 g/mol. The first-order valence-electron chi connectivity index (χ1n) is 13.9. The maximum Gasteiger partial charge on any atom is 0.255 e. The largest absolute Gasteiger partial charge is 0.489 e. The molecule has 1 unspecified atom stereocenters. The van der Waals surface area contributed by atoms with Crippen molar-refractivity contribution >= 4 is 17.6 Å². The zero-order valence-corrected chi connectivity index (χ0v) is 22.9. The molecular weight excluding hydrogens is 518 g/mol. The fourth-order valence-corrected chi connectivity index (χ4v) is 5.35. The van der Waals surface area contributed by atoms with Gasteiger partial charge in [-0.25, -0.2) is 4.98 Å². The van der Waals surface area contributed by atoms with Gasteiger partial charge in [0.05, 0.1) is 11.8 Å². The molecule has 0 radical (unpaired) electrons. The van der Waals surface area contributed by atoms with E-state index in [-0.39, 0.29) is 29.8 Å². The molecule has 2 amide bonds. The van der Waals surface area contributed by atoms with Crippen LogP contribution in [0.15, 0.2) is 73.2 Å². The van der Waals surface area contributed by atoms with Gasteiger partial charge in [0.1, 0.15) is 17.7 Å². The second-order valence-corrected chi connectivity index (χ2v) is 10.6. The minimum Gasteiger partial charge on any atom is -0.489 e. The van der Waals surface area contributed by atoms with E-state index in [2.05, 4.69) is 20.7 Å². The Morgan fingerprint density at radius 3 is 2.44 bits per heavy atom. The van der Waals surface area contributed by atoms with Gasteiger partial charge in [-0.05, 0) is 60.8 Å². The summed E-state index contributed by atoms with van der Waals surface area (Å²) in [7, 11) is 1.83. The Labute approximate surface area is 238 Å². The van der Waals surface area contributed by atoms with Crippen molar-refractivity contribution in [2.75, 3.05) is 31.9 Å². The van der Waals surface area contributed by atoms with Crippen molar-refractivity contribution in [3.05, 3.63) is 84.3 Å². The van der Waals surface area contributed by atoms with Gasteiger partial charge < -0.3 is 26.0 Å². The number of aryl methyl sites for hydroxylation is 1. The first kappa shape index (κ1) is 26.5. The SMILES string of the molecule is Cn1cc(-c2cnc(N)c(C(=O)N[C@@H]3CCN(C(=O)c4ccc(-c5ccc(OC6CCNC6)cc5)cc4)C3)c2)cn1. The number of ether oxygens (including phenoxy) is 1. The van der Waals surface area contributed by atoms with Crippen LogP contribution in [0.4, 0.5) is 5.82 Å².